The molecule has 0 saturated carbocycles. The normalized spacial score (nSPS) is 11.8. The molecular formula is C10H14BrNO2S. The van der Waals surface area contributed by atoms with Gasteiger partial charge in [-0.15, -0.1) is 0 Å². The van der Waals surface area contributed by atoms with E-state index in [-0.39, 0.29) is 0 Å². The minimum absolute atomic E-state index is 0.441. The second kappa shape index (κ2) is 4.53. The van der Waals surface area contributed by atoms with E-state index >= 15 is 0 Å². The number of benzene rings is 1. The van der Waals surface area contributed by atoms with Gasteiger partial charge in [-0.1, -0.05) is 12.1 Å². The number of halogens is 1. The Morgan fingerprint density at radius 3 is 2.40 bits per heavy atom. The Labute approximate surface area is 99.1 Å². The van der Waals surface area contributed by atoms with Crippen LogP contribution in [0.25, 0.3) is 0 Å². The Morgan fingerprint density at radius 2 is 1.93 bits per heavy atom. The number of para-hydroxylation sites is 1. The molecular weight excluding hydrogens is 278 g/mol. The van der Waals surface area contributed by atoms with Crippen LogP contribution >= 0.6 is 15.9 Å². The molecule has 3 nitrogen and oxygen atoms in total. The molecule has 5 heteroatoms. The maximum atomic E-state index is 11.7. The van der Waals surface area contributed by atoms with Gasteiger partial charge in [0.25, 0.3) is 0 Å². The maximum absolute atomic E-state index is 11.7. The lowest BCUT2D eigenvalue weighted by molar-refractivity contribution is 0.592. The summed E-state index contributed by atoms with van der Waals surface area (Å²) in [6.07, 6.45) is 0. The molecule has 0 bridgehead atoms. The molecule has 0 heterocycles. The monoisotopic (exact) mass is 291 g/mol. The molecule has 84 valence electrons. The van der Waals surface area contributed by atoms with Crippen molar-refractivity contribution in [3.05, 3.63) is 28.2 Å². The van der Waals surface area contributed by atoms with Crippen LogP contribution < -0.4 is 4.72 Å². The summed E-state index contributed by atoms with van der Waals surface area (Å²) in [7, 11) is -3.28. The first-order valence-electron chi connectivity index (χ1n) is 4.61. The lowest BCUT2D eigenvalue weighted by Gasteiger charge is -2.14. The lowest BCUT2D eigenvalue weighted by atomic mass is 10.2. The van der Waals surface area contributed by atoms with Gasteiger partial charge in [-0.05, 0) is 48.3 Å². The quantitative estimate of drug-likeness (QED) is 0.931. The van der Waals surface area contributed by atoms with Crippen molar-refractivity contribution in [1.29, 1.82) is 0 Å². The van der Waals surface area contributed by atoms with Crippen molar-refractivity contribution >= 4 is 31.6 Å². The smallest absolute Gasteiger partial charge is 0.235 e. The minimum atomic E-state index is -3.28. The fourth-order valence-electron chi connectivity index (χ4n) is 1.02. The Bertz CT molecular complexity index is 434. The summed E-state index contributed by atoms with van der Waals surface area (Å²) < 4.78 is 26.7. The number of sulfonamides is 1. The van der Waals surface area contributed by atoms with Gasteiger partial charge in [0, 0.05) is 4.47 Å². The number of aryl methyl sites for hydroxylation is 1. The molecule has 0 radical (unpaired) electrons. The highest BCUT2D eigenvalue weighted by Crippen LogP contribution is 2.27. The molecule has 15 heavy (non-hydrogen) atoms. The second-order valence-corrected chi connectivity index (χ2v) is 6.72. The van der Waals surface area contributed by atoms with Crippen LogP contribution in [-0.2, 0) is 10.0 Å². The molecule has 1 aromatic carbocycles. The first kappa shape index (κ1) is 12.5. The van der Waals surface area contributed by atoms with Crippen molar-refractivity contribution in [3.8, 4) is 0 Å². The third-order valence-electron chi connectivity index (χ3n) is 2.09. The van der Waals surface area contributed by atoms with Crippen LogP contribution in [0.2, 0.25) is 0 Å². The van der Waals surface area contributed by atoms with E-state index < -0.39 is 15.3 Å². The molecule has 0 amide bonds. The fraction of sp³-hybridized carbons (Fsp3) is 0.400. The summed E-state index contributed by atoms with van der Waals surface area (Å²) in [4.78, 5) is 0. The first-order chi connectivity index (χ1) is 6.84. The summed E-state index contributed by atoms with van der Waals surface area (Å²) >= 11 is 3.32. The van der Waals surface area contributed by atoms with Crippen molar-refractivity contribution in [2.45, 2.75) is 26.0 Å². The van der Waals surface area contributed by atoms with E-state index in [1.54, 1.807) is 13.8 Å². The van der Waals surface area contributed by atoms with Gasteiger partial charge in [0.15, 0.2) is 0 Å². The molecule has 0 spiro atoms. The maximum Gasteiger partial charge on any atom is 0.235 e. The molecule has 1 aromatic rings. The van der Waals surface area contributed by atoms with Crippen molar-refractivity contribution in [1.82, 2.24) is 0 Å². The van der Waals surface area contributed by atoms with Crippen molar-refractivity contribution in [2.75, 3.05) is 4.72 Å². The van der Waals surface area contributed by atoms with E-state index in [2.05, 4.69) is 20.7 Å². The van der Waals surface area contributed by atoms with Crippen molar-refractivity contribution in [3.63, 3.8) is 0 Å². The molecule has 1 N–H and O–H groups in total. The number of rotatable bonds is 3. The molecule has 1 rings (SSSR count). The van der Waals surface area contributed by atoms with Gasteiger partial charge in [0.05, 0.1) is 10.9 Å². The third kappa shape index (κ3) is 2.95. The highest BCUT2D eigenvalue weighted by molar-refractivity contribution is 9.10. The zero-order chi connectivity index (χ0) is 11.6. The van der Waals surface area contributed by atoms with E-state index in [4.69, 9.17) is 0 Å². The Balaban J connectivity index is 3.11. The van der Waals surface area contributed by atoms with Crippen LogP contribution in [0.3, 0.4) is 0 Å². The summed E-state index contributed by atoms with van der Waals surface area (Å²) in [6, 6.07) is 5.54. The zero-order valence-corrected chi connectivity index (χ0v) is 11.3. The van der Waals surface area contributed by atoms with Crippen LogP contribution in [0, 0.1) is 6.92 Å². The number of hydrogen-bond donors (Lipinski definition) is 1. The summed E-state index contributed by atoms with van der Waals surface area (Å²) in [5, 5.41) is -0.441. The average molecular weight is 292 g/mol. The largest absolute Gasteiger partial charge is 0.282 e. The Hall–Kier alpha value is -0.550. The van der Waals surface area contributed by atoms with Crippen LogP contribution in [0.4, 0.5) is 5.69 Å². The van der Waals surface area contributed by atoms with Crippen LogP contribution in [-0.4, -0.2) is 13.7 Å². The van der Waals surface area contributed by atoms with Crippen molar-refractivity contribution in [2.24, 2.45) is 0 Å². The van der Waals surface area contributed by atoms with Crippen LogP contribution in [0.15, 0.2) is 22.7 Å². The summed E-state index contributed by atoms with van der Waals surface area (Å²) in [5.74, 6) is 0. The zero-order valence-electron chi connectivity index (χ0n) is 8.91. The minimum Gasteiger partial charge on any atom is -0.282 e. The molecule has 0 fully saturated rings. The molecule has 0 saturated heterocycles. The highest BCUT2D eigenvalue weighted by Gasteiger charge is 2.17. The molecule has 0 aliphatic rings. The topological polar surface area (TPSA) is 46.2 Å². The van der Waals surface area contributed by atoms with E-state index in [1.165, 1.54) is 0 Å². The number of nitrogens with one attached hydrogen (secondary N) is 1. The Kier molecular flexibility index (Phi) is 3.78. The van der Waals surface area contributed by atoms with Gasteiger partial charge in [-0.3, -0.25) is 4.72 Å². The average Bonchev–Trinajstić information content (AvgIpc) is 2.11. The second-order valence-electron chi connectivity index (χ2n) is 3.63. The highest BCUT2D eigenvalue weighted by atomic mass is 79.9. The third-order valence-corrected chi connectivity index (χ3v) is 4.48. The van der Waals surface area contributed by atoms with Crippen molar-refractivity contribution < 1.29 is 8.42 Å². The first-order valence-corrected chi connectivity index (χ1v) is 6.95. The standard InChI is InChI=1S/C10H14BrNO2S/c1-7(2)15(13,14)12-10-8(3)5-4-6-9(10)11/h4-7,12H,1-3H3. The summed E-state index contributed by atoms with van der Waals surface area (Å²) in [5.41, 5.74) is 1.51. The van der Waals surface area contributed by atoms with Crippen LogP contribution in [0.5, 0.6) is 0 Å². The molecule has 0 unspecified atom stereocenters. The van der Waals surface area contributed by atoms with Gasteiger partial charge in [0.1, 0.15) is 0 Å². The van der Waals surface area contributed by atoms with E-state index in [1.807, 2.05) is 25.1 Å². The van der Waals surface area contributed by atoms with Crippen LogP contribution in [0.1, 0.15) is 19.4 Å². The molecule has 0 atom stereocenters. The molecule has 0 aromatic heterocycles. The predicted octanol–water partition coefficient (Wildman–Crippen LogP) is 2.91. The van der Waals surface area contributed by atoms with E-state index in [0.717, 1.165) is 10.0 Å². The van der Waals surface area contributed by atoms with E-state index in [0.29, 0.717) is 5.69 Å². The van der Waals surface area contributed by atoms with Gasteiger partial charge >= 0.3 is 0 Å². The predicted molar refractivity (Wildman–Crippen MR) is 66.6 cm³/mol. The summed E-state index contributed by atoms with van der Waals surface area (Å²) in [6.45, 7) is 5.16. The number of anilines is 1. The Morgan fingerprint density at radius 1 is 1.33 bits per heavy atom. The fourth-order valence-corrected chi connectivity index (χ4v) is 2.51. The van der Waals surface area contributed by atoms with E-state index in [9.17, 15) is 8.42 Å². The SMILES string of the molecule is Cc1cccc(Br)c1NS(=O)(=O)C(C)C. The van der Waals surface area contributed by atoms with Gasteiger partial charge < -0.3 is 0 Å². The number of hydrogen-bond acceptors (Lipinski definition) is 2. The van der Waals surface area contributed by atoms with Gasteiger partial charge in [-0.25, -0.2) is 8.42 Å². The van der Waals surface area contributed by atoms with Gasteiger partial charge in [-0.2, -0.15) is 0 Å². The lowest BCUT2D eigenvalue weighted by Crippen LogP contribution is -2.23. The van der Waals surface area contributed by atoms with Gasteiger partial charge in [0.2, 0.25) is 10.0 Å². The molecule has 0 aliphatic heterocycles. The molecule has 0 aliphatic carbocycles.